The van der Waals surface area contributed by atoms with Gasteiger partial charge in [0.15, 0.2) is 5.76 Å². The third kappa shape index (κ3) is 5.25. The second-order valence-electron chi connectivity index (χ2n) is 8.67. The van der Waals surface area contributed by atoms with E-state index in [4.69, 9.17) is 20.9 Å². The van der Waals surface area contributed by atoms with Crippen LogP contribution >= 0.6 is 11.6 Å². The molecule has 0 radical (unpaired) electrons. The number of aryl methyl sites for hydroxylation is 1. The largest absolute Gasteiger partial charge is 0.481 e. The summed E-state index contributed by atoms with van der Waals surface area (Å²) in [7, 11) is 0. The van der Waals surface area contributed by atoms with Crippen LogP contribution in [0.4, 0.5) is 10.5 Å². The van der Waals surface area contributed by atoms with Crippen LogP contribution in [0.2, 0.25) is 5.02 Å². The van der Waals surface area contributed by atoms with Gasteiger partial charge in [-0.25, -0.2) is 4.79 Å². The van der Waals surface area contributed by atoms with E-state index in [1.54, 1.807) is 19.9 Å². The smallest absolute Gasteiger partial charge is 0.412 e. The van der Waals surface area contributed by atoms with E-state index in [0.29, 0.717) is 40.9 Å². The van der Waals surface area contributed by atoms with Gasteiger partial charge in [0, 0.05) is 16.1 Å². The molecule has 0 spiro atoms. The SMILES string of the molecule is Cc1onc(-c2ccc(C3CCC(C(=O)O)CC3)cc2)c1NC(=O)OC(C)c1ccccc1Cl. The second-order valence-corrected chi connectivity index (χ2v) is 9.07. The number of carboxylic acids is 1. The van der Waals surface area contributed by atoms with Crippen molar-refractivity contribution in [3.05, 3.63) is 70.4 Å². The second kappa shape index (κ2) is 10.3. The van der Waals surface area contributed by atoms with Crippen LogP contribution in [0.25, 0.3) is 11.3 Å². The fourth-order valence-corrected chi connectivity index (χ4v) is 4.75. The molecule has 1 heterocycles. The summed E-state index contributed by atoms with van der Waals surface area (Å²) in [5.41, 5.74) is 3.66. The van der Waals surface area contributed by atoms with E-state index >= 15 is 0 Å². The molecule has 7 nitrogen and oxygen atoms in total. The molecule has 1 aliphatic rings. The number of nitrogens with one attached hydrogen (secondary N) is 1. The average Bonchev–Trinajstić information content (AvgIpc) is 3.19. The van der Waals surface area contributed by atoms with Gasteiger partial charge in [-0.3, -0.25) is 10.1 Å². The van der Waals surface area contributed by atoms with Crippen molar-refractivity contribution in [1.82, 2.24) is 5.16 Å². The number of hydrogen-bond acceptors (Lipinski definition) is 5. The lowest BCUT2D eigenvalue weighted by atomic mass is 9.78. The molecule has 1 atom stereocenters. The Hall–Kier alpha value is -3.32. The summed E-state index contributed by atoms with van der Waals surface area (Å²) in [4.78, 5) is 23.8. The maximum absolute atomic E-state index is 12.6. The van der Waals surface area contributed by atoms with E-state index in [-0.39, 0.29) is 5.92 Å². The van der Waals surface area contributed by atoms with Gasteiger partial charge in [-0.15, -0.1) is 0 Å². The Labute approximate surface area is 203 Å². The van der Waals surface area contributed by atoms with Crippen molar-refractivity contribution >= 4 is 29.4 Å². The molecular weight excluding hydrogens is 456 g/mol. The van der Waals surface area contributed by atoms with Crippen LogP contribution in [0.5, 0.6) is 0 Å². The minimum absolute atomic E-state index is 0.234. The van der Waals surface area contributed by atoms with E-state index in [0.717, 1.165) is 24.0 Å². The lowest BCUT2D eigenvalue weighted by molar-refractivity contribution is -0.142. The number of carboxylic acid groups (broad SMARTS) is 1. The Morgan fingerprint density at radius 2 is 1.79 bits per heavy atom. The molecule has 1 amide bonds. The third-order valence-electron chi connectivity index (χ3n) is 6.45. The number of benzene rings is 2. The van der Waals surface area contributed by atoms with Crippen LogP contribution < -0.4 is 5.32 Å². The maximum atomic E-state index is 12.6. The molecule has 1 saturated carbocycles. The Bertz CT molecular complexity index is 1170. The van der Waals surface area contributed by atoms with E-state index in [1.165, 1.54) is 5.56 Å². The van der Waals surface area contributed by atoms with Crippen molar-refractivity contribution in [2.45, 2.75) is 51.6 Å². The highest BCUT2D eigenvalue weighted by atomic mass is 35.5. The van der Waals surface area contributed by atoms with Gasteiger partial charge >= 0.3 is 12.1 Å². The molecular formula is C26H27ClN2O5. The third-order valence-corrected chi connectivity index (χ3v) is 6.79. The van der Waals surface area contributed by atoms with E-state index in [9.17, 15) is 14.7 Å². The van der Waals surface area contributed by atoms with Crippen LogP contribution in [-0.2, 0) is 9.53 Å². The van der Waals surface area contributed by atoms with Gasteiger partial charge in [-0.05, 0) is 57.1 Å². The first-order valence-electron chi connectivity index (χ1n) is 11.3. The Morgan fingerprint density at radius 3 is 2.44 bits per heavy atom. The zero-order chi connectivity index (χ0) is 24.2. The first-order chi connectivity index (χ1) is 16.3. The molecule has 1 aromatic heterocycles. The summed E-state index contributed by atoms with van der Waals surface area (Å²) in [6, 6.07) is 15.2. The highest BCUT2D eigenvalue weighted by Crippen LogP contribution is 2.37. The summed E-state index contributed by atoms with van der Waals surface area (Å²) in [6.45, 7) is 3.48. The van der Waals surface area contributed by atoms with Crippen LogP contribution in [0.3, 0.4) is 0 Å². The Morgan fingerprint density at radius 1 is 1.12 bits per heavy atom. The lowest BCUT2D eigenvalue weighted by Crippen LogP contribution is -2.20. The number of ether oxygens (including phenoxy) is 1. The van der Waals surface area contributed by atoms with Gasteiger partial charge in [0.05, 0.1) is 5.92 Å². The molecule has 1 fully saturated rings. The molecule has 0 bridgehead atoms. The Balaban J connectivity index is 1.44. The molecule has 178 valence electrons. The van der Waals surface area contributed by atoms with Gasteiger partial charge in [-0.1, -0.05) is 59.2 Å². The average molecular weight is 483 g/mol. The zero-order valence-electron chi connectivity index (χ0n) is 19.1. The van der Waals surface area contributed by atoms with Gasteiger partial charge in [0.25, 0.3) is 0 Å². The molecule has 34 heavy (non-hydrogen) atoms. The van der Waals surface area contributed by atoms with Crippen molar-refractivity contribution in [2.75, 3.05) is 5.32 Å². The van der Waals surface area contributed by atoms with Crippen molar-refractivity contribution < 1.29 is 24.0 Å². The highest BCUT2D eigenvalue weighted by Gasteiger charge is 2.27. The van der Waals surface area contributed by atoms with Gasteiger partial charge < -0.3 is 14.4 Å². The molecule has 8 heteroatoms. The number of halogens is 1. The first-order valence-corrected chi connectivity index (χ1v) is 11.7. The van der Waals surface area contributed by atoms with E-state index < -0.39 is 18.2 Å². The number of rotatable bonds is 6. The summed E-state index contributed by atoms with van der Waals surface area (Å²) in [5.74, 6) is -0.117. The normalized spacial score (nSPS) is 18.8. The summed E-state index contributed by atoms with van der Waals surface area (Å²) in [5, 5.41) is 16.6. The monoisotopic (exact) mass is 482 g/mol. The number of nitrogens with zero attached hydrogens (tertiary/aromatic N) is 1. The minimum Gasteiger partial charge on any atom is -0.481 e. The van der Waals surface area contributed by atoms with Crippen molar-refractivity contribution in [1.29, 1.82) is 0 Å². The molecule has 2 N–H and O–H groups in total. The molecule has 1 aliphatic carbocycles. The lowest BCUT2D eigenvalue weighted by Gasteiger charge is -2.26. The number of amides is 1. The van der Waals surface area contributed by atoms with Crippen LogP contribution in [0.1, 0.15) is 61.5 Å². The molecule has 0 aliphatic heterocycles. The van der Waals surface area contributed by atoms with E-state index in [1.807, 2.05) is 42.5 Å². The Kier molecular flexibility index (Phi) is 7.22. The van der Waals surface area contributed by atoms with Crippen LogP contribution in [-0.4, -0.2) is 22.3 Å². The molecule has 0 saturated heterocycles. The minimum atomic E-state index is -0.699. The summed E-state index contributed by atoms with van der Waals surface area (Å²) < 4.78 is 10.9. The molecule has 4 rings (SSSR count). The number of hydrogen-bond donors (Lipinski definition) is 2. The van der Waals surface area contributed by atoms with Gasteiger partial charge in [-0.2, -0.15) is 0 Å². The summed E-state index contributed by atoms with van der Waals surface area (Å²) in [6.07, 6.45) is 1.96. The number of carbonyl (C=O) groups is 2. The number of anilines is 1. The number of carbonyl (C=O) groups excluding carboxylic acids is 1. The molecule has 1 unspecified atom stereocenters. The van der Waals surface area contributed by atoms with Crippen molar-refractivity contribution in [2.24, 2.45) is 5.92 Å². The number of aliphatic carboxylic acids is 1. The predicted octanol–water partition coefficient (Wildman–Crippen LogP) is 6.97. The molecule has 2 aromatic carbocycles. The fourth-order valence-electron chi connectivity index (χ4n) is 4.46. The first kappa shape index (κ1) is 23.8. The van der Waals surface area contributed by atoms with Crippen LogP contribution in [0.15, 0.2) is 53.1 Å². The fraction of sp³-hybridized carbons (Fsp3) is 0.346. The highest BCUT2D eigenvalue weighted by molar-refractivity contribution is 6.31. The van der Waals surface area contributed by atoms with Gasteiger partial charge in [0.2, 0.25) is 0 Å². The van der Waals surface area contributed by atoms with Crippen molar-refractivity contribution in [3.8, 4) is 11.3 Å². The quantitative estimate of drug-likeness (QED) is 0.393. The topological polar surface area (TPSA) is 102 Å². The summed E-state index contributed by atoms with van der Waals surface area (Å²) >= 11 is 6.20. The van der Waals surface area contributed by atoms with E-state index in [2.05, 4.69) is 10.5 Å². The standard InChI is InChI=1S/C26H27ClN2O5/c1-15(21-5-3-4-6-22(21)27)33-26(32)28-23-16(2)34-29-24(23)19-11-7-17(8-12-19)18-9-13-20(14-10-18)25(30)31/h3-8,11-12,15,18,20H,9-10,13-14H2,1-2H3,(H,28,32)(H,30,31). The number of aromatic nitrogens is 1. The van der Waals surface area contributed by atoms with Gasteiger partial charge in [0.1, 0.15) is 17.5 Å². The van der Waals surface area contributed by atoms with Crippen molar-refractivity contribution in [3.63, 3.8) is 0 Å². The maximum Gasteiger partial charge on any atom is 0.412 e. The zero-order valence-corrected chi connectivity index (χ0v) is 19.8. The predicted molar refractivity (Wildman–Crippen MR) is 129 cm³/mol. The molecule has 3 aromatic rings. The van der Waals surface area contributed by atoms with Crippen LogP contribution in [0, 0.1) is 12.8 Å².